The van der Waals surface area contributed by atoms with E-state index in [1.165, 1.54) is 0 Å². The summed E-state index contributed by atoms with van der Waals surface area (Å²) in [6, 6.07) is 5.71. The number of likely N-dealkylation sites (tertiary alicyclic amines) is 1. The summed E-state index contributed by atoms with van der Waals surface area (Å²) in [7, 11) is 3.20. The second kappa shape index (κ2) is 7.99. The van der Waals surface area contributed by atoms with Crippen molar-refractivity contribution in [3.8, 4) is 11.5 Å². The zero-order valence-electron chi connectivity index (χ0n) is 14.7. The highest BCUT2D eigenvalue weighted by Crippen LogP contribution is 2.41. The fourth-order valence-electron chi connectivity index (χ4n) is 3.32. The van der Waals surface area contributed by atoms with Gasteiger partial charge in [-0.2, -0.15) is 0 Å². The number of nitrogens with zero attached hydrogens (tertiary/aromatic N) is 2. The third-order valence-electron chi connectivity index (χ3n) is 4.69. The van der Waals surface area contributed by atoms with Crippen molar-refractivity contribution >= 4 is 23.6 Å². The molecule has 2 aliphatic heterocycles. The number of carbonyl (C=O) groups excluding carboxylic acids is 2. The molecule has 3 rings (SSSR count). The van der Waals surface area contributed by atoms with Crippen LogP contribution in [0.3, 0.4) is 0 Å². The van der Waals surface area contributed by atoms with E-state index in [-0.39, 0.29) is 17.2 Å². The normalized spacial score (nSPS) is 20.2. The summed E-state index contributed by atoms with van der Waals surface area (Å²) in [5.41, 5.74) is 0.988. The number of benzene rings is 1. The smallest absolute Gasteiger partial charge is 0.233 e. The van der Waals surface area contributed by atoms with Crippen molar-refractivity contribution in [2.24, 2.45) is 0 Å². The van der Waals surface area contributed by atoms with Gasteiger partial charge in [0.1, 0.15) is 5.37 Å². The second-order valence-corrected chi connectivity index (χ2v) is 7.27. The minimum atomic E-state index is -0.0846. The molecule has 2 saturated heterocycles. The Balaban J connectivity index is 1.70. The maximum atomic E-state index is 12.3. The van der Waals surface area contributed by atoms with Crippen LogP contribution in [-0.4, -0.2) is 61.2 Å². The van der Waals surface area contributed by atoms with Gasteiger partial charge in [0, 0.05) is 26.1 Å². The van der Waals surface area contributed by atoms with Gasteiger partial charge in [-0.05, 0) is 30.5 Å². The molecule has 6 nitrogen and oxygen atoms in total. The molecule has 2 heterocycles. The summed E-state index contributed by atoms with van der Waals surface area (Å²) in [6.07, 6.45) is 2.55. The van der Waals surface area contributed by atoms with Gasteiger partial charge in [0.05, 0.1) is 20.0 Å². The number of thioether (sulfide) groups is 1. The molecule has 0 spiro atoms. The first-order chi connectivity index (χ1) is 12.1. The Labute approximate surface area is 152 Å². The van der Waals surface area contributed by atoms with Gasteiger partial charge in [-0.3, -0.25) is 9.59 Å². The van der Waals surface area contributed by atoms with Crippen LogP contribution in [0.4, 0.5) is 0 Å². The summed E-state index contributed by atoms with van der Waals surface area (Å²) < 4.78 is 10.6. The van der Waals surface area contributed by atoms with Crippen molar-refractivity contribution in [3.63, 3.8) is 0 Å². The van der Waals surface area contributed by atoms with E-state index in [0.717, 1.165) is 31.5 Å². The summed E-state index contributed by atoms with van der Waals surface area (Å²) >= 11 is 1.58. The van der Waals surface area contributed by atoms with Crippen LogP contribution >= 0.6 is 11.8 Å². The lowest BCUT2D eigenvalue weighted by atomic mass is 10.1. The second-order valence-electron chi connectivity index (χ2n) is 6.20. The molecule has 1 aromatic rings. The highest BCUT2D eigenvalue weighted by atomic mass is 32.2. The first kappa shape index (κ1) is 17.9. The Hall–Kier alpha value is -1.89. The minimum Gasteiger partial charge on any atom is -0.493 e. The standard InChI is InChI=1S/C18H24N2O4S/c1-23-14-6-5-13(11-15(14)24-2)18-20(17(22)12-25-18)10-7-16(21)19-8-3-4-9-19/h5-6,11,18H,3-4,7-10,12H2,1-2H3/t18-/m0/s1. The van der Waals surface area contributed by atoms with E-state index in [2.05, 4.69) is 0 Å². The van der Waals surface area contributed by atoms with E-state index in [1.807, 2.05) is 23.1 Å². The molecule has 0 unspecified atom stereocenters. The molecule has 0 aromatic heterocycles. The van der Waals surface area contributed by atoms with Crippen LogP contribution in [0.25, 0.3) is 0 Å². The maximum absolute atomic E-state index is 12.3. The summed E-state index contributed by atoms with van der Waals surface area (Å²) in [5, 5.41) is -0.0846. The van der Waals surface area contributed by atoms with E-state index in [0.29, 0.717) is 30.2 Å². The van der Waals surface area contributed by atoms with Crippen molar-refractivity contribution in [1.29, 1.82) is 0 Å². The lowest BCUT2D eigenvalue weighted by molar-refractivity contribution is -0.132. The van der Waals surface area contributed by atoms with Gasteiger partial charge in [-0.15, -0.1) is 11.8 Å². The van der Waals surface area contributed by atoms with Crippen LogP contribution in [0.15, 0.2) is 18.2 Å². The zero-order valence-corrected chi connectivity index (χ0v) is 15.5. The van der Waals surface area contributed by atoms with Crippen LogP contribution in [0.5, 0.6) is 11.5 Å². The predicted octanol–water partition coefficient (Wildman–Crippen LogP) is 2.29. The summed E-state index contributed by atoms with van der Waals surface area (Å²) in [6.45, 7) is 2.15. The van der Waals surface area contributed by atoms with Crippen LogP contribution in [0, 0.1) is 0 Å². The number of ether oxygens (including phenoxy) is 2. The van der Waals surface area contributed by atoms with E-state index < -0.39 is 0 Å². The van der Waals surface area contributed by atoms with E-state index in [9.17, 15) is 9.59 Å². The highest BCUT2D eigenvalue weighted by Gasteiger charge is 2.33. The molecule has 7 heteroatoms. The highest BCUT2D eigenvalue weighted by molar-refractivity contribution is 8.00. The van der Waals surface area contributed by atoms with Crippen molar-refractivity contribution < 1.29 is 19.1 Å². The number of amides is 2. The van der Waals surface area contributed by atoms with E-state index in [1.54, 1.807) is 30.9 Å². The number of rotatable bonds is 6. The molecule has 2 aliphatic rings. The Kier molecular flexibility index (Phi) is 5.73. The Morgan fingerprint density at radius 3 is 2.60 bits per heavy atom. The molecule has 1 aromatic carbocycles. The van der Waals surface area contributed by atoms with Crippen molar-refractivity contribution in [3.05, 3.63) is 23.8 Å². The number of carbonyl (C=O) groups is 2. The van der Waals surface area contributed by atoms with Gasteiger partial charge in [0.25, 0.3) is 0 Å². The monoisotopic (exact) mass is 364 g/mol. The van der Waals surface area contributed by atoms with Crippen molar-refractivity contribution in [2.45, 2.75) is 24.6 Å². The molecule has 1 atom stereocenters. The van der Waals surface area contributed by atoms with Crippen molar-refractivity contribution in [1.82, 2.24) is 9.80 Å². The lowest BCUT2D eigenvalue weighted by Crippen LogP contribution is -2.34. The predicted molar refractivity (Wildman–Crippen MR) is 96.9 cm³/mol. The third kappa shape index (κ3) is 3.86. The summed E-state index contributed by atoms with van der Waals surface area (Å²) in [5.74, 6) is 1.98. The largest absolute Gasteiger partial charge is 0.493 e. The van der Waals surface area contributed by atoms with Gasteiger partial charge >= 0.3 is 0 Å². The van der Waals surface area contributed by atoms with Gasteiger partial charge in [-0.1, -0.05) is 6.07 Å². The molecule has 0 aliphatic carbocycles. The summed E-state index contributed by atoms with van der Waals surface area (Å²) in [4.78, 5) is 28.3. The number of hydrogen-bond donors (Lipinski definition) is 0. The molecule has 0 saturated carbocycles. The zero-order chi connectivity index (χ0) is 17.8. The maximum Gasteiger partial charge on any atom is 0.233 e. The van der Waals surface area contributed by atoms with Gasteiger partial charge < -0.3 is 19.3 Å². The fraction of sp³-hybridized carbons (Fsp3) is 0.556. The molecule has 136 valence electrons. The molecular weight excluding hydrogens is 340 g/mol. The molecule has 0 N–H and O–H groups in total. The SMILES string of the molecule is COc1ccc([C@@H]2SCC(=O)N2CCC(=O)N2CCCC2)cc1OC. The van der Waals surface area contributed by atoms with Crippen LogP contribution in [0.1, 0.15) is 30.2 Å². The third-order valence-corrected chi connectivity index (χ3v) is 5.94. The molecule has 0 radical (unpaired) electrons. The van der Waals surface area contributed by atoms with Crippen LogP contribution in [0.2, 0.25) is 0 Å². The van der Waals surface area contributed by atoms with Gasteiger partial charge in [-0.25, -0.2) is 0 Å². The van der Waals surface area contributed by atoms with Crippen LogP contribution in [-0.2, 0) is 9.59 Å². The molecular formula is C18H24N2O4S. The quantitative estimate of drug-likeness (QED) is 0.775. The lowest BCUT2D eigenvalue weighted by Gasteiger charge is -2.25. The van der Waals surface area contributed by atoms with E-state index >= 15 is 0 Å². The molecule has 25 heavy (non-hydrogen) atoms. The fourth-order valence-corrected chi connectivity index (χ4v) is 4.53. The number of hydrogen-bond acceptors (Lipinski definition) is 5. The molecule has 0 bridgehead atoms. The Bertz CT molecular complexity index is 646. The number of methoxy groups -OCH3 is 2. The van der Waals surface area contributed by atoms with Gasteiger partial charge in [0.15, 0.2) is 11.5 Å². The Morgan fingerprint density at radius 2 is 1.92 bits per heavy atom. The first-order valence-electron chi connectivity index (χ1n) is 8.55. The van der Waals surface area contributed by atoms with Crippen molar-refractivity contribution in [2.75, 3.05) is 39.6 Å². The van der Waals surface area contributed by atoms with Gasteiger partial charge in [0.2, 0.25) is 11.8 Å². The topological polar surface area (TPSA) is 59.1 Å². The Morgan fingerprint density at radius 1 is 1.20 bits per heavy atom. The van der Waals surface area contributed by atoms with Crippen LogP contribution < -0.4 is 9.47 Å². The molecule has 2 fully saturated rings. The first-order valence-corrected chi connectivity index (χ1v) is 9.59. The minimum absolute atomic E-state index is 0.0824. The molecule has 2 amide bonds. The van der Waals surface area contributed by atoms with E-state index in [4.69, 9.17) is 9.47 Å². The average molecular weight is 364 g/mol. The average Bonchev–Trinajstić information content (AvgIpc) is 3.29.